The van der Waals surface area contributed by atoms with E-state index >= 15 is 0 Å². The molecule has 1 heterocycles. The molecule has 1 amide bonds. The fraction of sp³-hybridized carbons (Fsp3) is 0.611. The van der Waals surface area contributed by atoms with Crippen molar-refractivity contribution in [3.05, 3.63) is 35.4 Å². The zero-order chi connectivity index (χ0) is 18.1. The van der Waals surface area contributed by atoms with Crippen LogP contribution in [0, 0.1) is 17.0 Å². The van der Waals surface area contributed by atoms with E-state index in [0.717, 1.165) is 31.6 Å². The number of nitrogens with two attached hydrogens (primary N) is 1. The zero-order valence-electron chi connectivity index (χ0n) is 14.9. The van der Waals surface area contributed by atoms with Crippen molar-refractivity contribution in [2.75, 3.05) is 26.7 Å². The molecule has 0 saturated carbocycles. The maximum atomic E-state index is 13.4. The van der Waals surface area contributed by atoms with Crippen molar-refractivity contribution in [2.45, 2.75) is 39.3 Å². The van der Waals surface area contributed by atoms with Crippen molar-refractivity contribution in [3.8, 4) is 0 Å². The van der Waals surface area contributed by atoms with Gasteiger partial charge in [0.25, 0.3) is 0 Å². The van der Waals surface area contributed by atoms with Gasteiger partial charge >= 0.3 is 0 Å². The summed E-state index contributed by atoms with van der Waals surface area (Å²) in [6.07, 6.45) is 0.864. The minimum absolute atomic E-state index is 0.0250. The maximum Gasteiger partial charge on any atom is 0.236 e. The number of hydrogen-bond donors (Lipinski definition) is 1. The van der Waals surface area contributed by atoms with Crippen LogP contribution in [0.15, 0.2) is 18.2 Å². The van der Waals surface area contributed by atoms with Gasteiger partial charge in [-0.25, -0.2) is 8.78 Å². The molecule has 1 aromatic carbocycles. The lowest BCUT2D eigenvalue weighted by Gasteiger charge is -2.42. The van der Waals surface area contributed by atoms with Gasteiger partial charge in [-0.3, -0.25) is 9.69 Å². The molecule has 4 nitrogen and oxygen atoms in total. The van der Waals surface area contributed by atoms with Crippen LogP contribution in [0.25, 0.3) is 0 Å². The van der Waals surface area contributed by atoms with Crippen molar-refractivity contribution in [2.24, 2.45) is 11.1 Å². The molecule has 2 N–H and O–H groups in total. The molecule has 6 heteroatoms. The van der Waals surface area contributed by atoms with Crippen LogP contribution in [0.3, 0.4) is 0 Å². The van der Waals surface area contributed by atoms with Gasteiger partial charge < -0.3 is 10.6 Å². The van der Waals surface area contributed by atoms with Gasteiger partial charge in [-0.1, -0.05) is 19.9 Å². The van der Waals surface area contributed by atoms with Crippen LogP contribution in [-0.2, 0) is 4.79 Å². The highest BCUT2D eigenvalue weighted by Crippen LogP contribution is 2.28. The molecule has 1 fully saturated rings. The molecule has 24 heavy (non-hydrogen) atoms. The third-order valence-electron chi connectivity index (χ3n) is 5.15. The van der Waals surface area contributed by atoms with Gasteiger partial charge in [0, 0.05) is 26.2 Å². The fourth-order valence-corrected chi connectivity index (χ4v) is 3.13. The first-order chi connectivity index (χ1) is 11.1. The number of rotatable bonds is 4. The molecule has 2 atom stereocenters. The average molecular weight is 339 g/mol. The third-order valence-corrected chi connectivity index (χ3v) is 5.15. The monoisotopic (exact) mass is 339 g/mol. The number of halogens is 2. The summed E-state index contributed by atoms with van der Waals surface area (Å²) < 4.78 is 26.5. The summed E-state index contributed by atoms with van der Waals surface area (Å²) in [7, 11) is 1.69. The van der Waals surface area contributed by atoms with Crippen LogP contribution >= 0.6 is 0 Å². The molecule has 1 aromatic rings. The van der Waals surface area contributed by atoms with E-state index in [4.69, 9.17) is 5.73 Å². The first-order valence-electron chi connectivity index (χ1n) is 8.30. The Balaban J connectivity index is 2.00. The minimum atomic E-state index is -0.896. The molecule has 134 valence electrons. The van der Waals surface area contributed by atoms with E-state index in [0.29, 0.717) is 12.1 Å². The molecule has 0 aliphatic carbocycles. The predicted molar refractivity (Wildman–Crippen MR) is 90.4 cm³/mol. The number of hydrogen-bond acceptors (Lipinski definition) is 3. The Morgan fingerprint density at radius 3 is 2.67 bits per heavy atom. The van der Waals surface area contributed by atoms with E-state index in [2.05, 4.69) is 18.7 Å². The minimum Gasteiger partial charge on any atom is -0.338 e. The van der Waals surface area contributed by atoms with Gasteiger partial charge in [0.15, 0.2) is 11.6 Å². The second-order valence-electron chi connectivity index (χ2n) is 7.45. The summed E-state index contributed by atoms with van der Waals surface area (Å²) in [5.74, 6) is -1.82. The van der Waals surface area contributed by atoms with Crippen LogP contribution in [0.2, 0.25) is 0 Å². The van der Waals surface area contributed by atoms with Crippen molar-refractivity contribution in [1.82, 2.24) is 9.80 Å². The van der Waals surface area contributed by atoms with Gasteiger partial charge in [-0.05, 0) is 36.5 Å². The van der Waals surface area contributed by atoms with Gasteiger partial charge in [0.1, 0.15) is 0 Å². The summed E-state index contributed by atoms with van der Waals surface area (Å²) in [5.41, 5.74) is 6.68. The van der Waals surface area contributed by atoms with E-state index in [1.54, 1.807) is 18.9 Å². The first-order valence-corrected chi connectivity index (χ1v) is 8.30. The Kier molecular flexibility index (Phi) is 5.60. The van der Waals surface area contributed by atoms with Crippen LogP contribution < -0.4 is 5.73 Å². The highest BCUT2D eigenvalue weighted by molar-refractivity contribution is 5.78. The molecule has 1 aliphatic heterocycles. The highest BCUT2D eigenvalue weighted by atomic mass is 19.2. The maximum absolute atomic E-state index is 13.4. The summed E-state index contributed by atoms with van der Waals surface area (Å²) in [6.45, 7) is 7.90. The molecule has 1 aliphatic rings. The van der Waals surface area contributed by atoms with E-state index in [9.17, 15) is 13.6 Å². The van der Waals surface area contributed by atoms with Crippen LogP contribution in [0.1, 0.15) is 38.8 Å². The molecule has 0 bridgehead atoms. The lowest BCUT2D eigenvalue weighted by atomic mass is 9.80. The van der Waals surface area contributed by atoms with Gasteiger partial charge in [-0.15, -0.1) is 0 Å². The Morgan fingerprint density at radius 2 is 2.08 bits per heavy atom. The van der Waals surface area contributed by atoms with Gasteiger partial charge in [-0.2, -0.15) is 0 Å². The fourth-order valence-electron chi connectivity index (χ4n) is 3.13. The first kappa shape index (κ1) is 18.8. The Labute approximate surface area is 142 Å². The number of likely N-dealkylation sites (tertiary alicyclic amines) is 1. The molecule has 2 rings (SSSR count). The van der Waals surface area contributed by atoms with E-state index in [1.807, 2.05) is 0 Å². The Bertz CT molecular complexity index is 606. The van der Waals surface area contributed by atoms with Crippen LogP contribution in [0.5, 0.6) is 0 Å². The number of piperidine rings is 1. The topological polar surface area (TPSA) is 49.6 Å². The van der Waals surface area contributed by atoms with Crippen molar-refractivity contribution < 1.29 is 13.6 Å². The quantitative estimate of drug-likeness (QED) is 0.917. The molecule has 2 unspecified atom stereocenters. The number of nitrogens with zero attached hydrogens (tertiary/aromatic N) is 2. The van der Waals surface area contributed by atoms with Gasteiger partial charge in [0.05, 0.1) is 12.6 Å². The number of amides is 1. The van der Waals surface area contributed by atoms with Gasteiger partial charge in [0.2, 0.25) is 5.91 Å². The molecule has 0 spiro atoms. The number of benzene rings is 1. The van der Waals surface area contributed by atoms with Crippen molar-refractivity contribution in [3.63, 3.8) is 0 Å². The molecule has 1 saturated heterocycles. The Hall–Kier alpha value is -1.53. The van der Waals surface area contributed by atoms with E-state index in [1.165, 1.54) is 6.07 Å². The lowest BCUT2D eigenvalue weighted by molar-refractivity contribution is -0.133. The van der Waals surface area contributed by atoms with E-state index in [-0.39, 0.29) is 23.4 Å². The van der Waals surface area contributed by atoms with Crippen LogP contribution in [-0.4, -0.2) is 48.4 Å². The lowest BCUT2D eigenvalue weighted by Crippen LogP contribution is -2.54. The third kappa shape index (κ3) is 4.11. The second kappa shape index (κ2) is 7.15. The van der Waals surface area contributed by atoms with Crippen LogP contribution in [0.4, 0.5) is 8.78 Å². The zero-order valence-corrected chi connectivity index (χ0v) is 14.9. The summed E-state index contributed by atoms with van der Waals surface area (Å²) in [4.78, 5) is 16.2. The number of likely N-dealkylation sites (N-methyl/N-ethyl adjacent to an activating group) is 1. The van der Waals surface area contributed by atoms with Crippen molar-refractivity contribution >= 4 is 5.91 Å². The summed E-state index contributed by atoms with van der Waals surface area (Å²) >= 11 is 0. The molecular weight excluding hydrogens is 312 g/mol. The largest absolute Gasteiger partial charge is 0.338 e. The normalized spacial score (nSPS) is 22.2. The molecule has 0 radical (unpaired) electrons. The smallest absolute Gasteiger partial charge is 0.236 e. The summed E-state index contributed by atoms with van der Waals surface area (Å²) in [6, 6.07) is 3.56. The summed E-state index contributed by atoms with van der Waals surface area (Å²) in [5, 5.41) is 0. The number of carbonyl (C=O) groups excluding carboxylic acids is 1. The predicted octanol–water partition coefficient (Wildman–Crippen LogP) is 2.54. The number of carbonyl (C=O) groups is 1. The van der Waals surface area contributed by atoms with E-state index < -0.39 is 11.6 Å². The van der Waals surface area contributed by atoms with Crippen molar-refractivity contribution in [1.29, 1.82) is 0 Å². The molecule has 0 aromatic heterocycles. The second-order valence-corrected chi connectivity index (χ2v) is 7.45. The SMILES string of the molecule is CC(c1ccc(F)c(F)c1)N(C)C(=O)CN1CCC(N)C(C)(C)C1. The molecular formula is C18H27F2N3O. The Morgan fingerprint density at radius 1 is 1.42 bits per heavy atom. The standard InChI is InChI=1S/C18H27F2N3O/c1-12(13-5-6-14(19)15(20)9-13)22(4)17(24)10-23-8-7-16(21)18(2,3)11-23/h5-6,9,12,16H,7-8,10-11,21H2,1-4H3. The average Bonchev–Trinajstić information content (AvgIpc) is 2.51. The highest BCUT2D eigenvalue weighted by Gasteiger charge is 2.34.